The molecule has 0 N–H and O–H groups in total. The maximum absolute atomic E-state index is 12.2. The number of thiophene rings is 1. The molecule has 0 saturated heterocycles. The summed E-state index contributed by atoms with van der Waals surface area (Å²) in [5.41, 5.74) is 2.60. The fraction of sp³-hybridized carbons (Fsp3) is 0.120. The number of aromatic nitrogens is 2. The fourth-order valence-electron chi connectivity index (χ4n) is 3.01. The van der Waals surface area contributed by atoms with E-state index in [1.54, 1.807) is 36.7 Å². The first-order valence-corrected chi connectivity index (χ1v) is 10.9. The lowest BCUT2D eigenvalue weighted by Gasteiger charge is -2.07. The molecule has 2 aromatic carbocycles. The predicted molar refractivity (Wildman–Crippen MR) is 125 cm³/mol. The number of rotatable bonds is 9. The third kappa shape index (κ3) is 5.44. The second-order valence-corrected chi connectivity index (χ2v) is 7.66. The van der Waals surface area contributed by atoms with Crippen molar-refractivity contribution in [3.63, 3.8) is 0 Å². The summed E-state index contributed by atoms with van der Waals surface area (Å²) in [4.78, 5) is 13.2. The van der Waals surface area contributed by atoms with Gasteiger partial charge < -0.3 is 14.2 Å². The van der Waals surface area contributed by atoms with Gasteiger partial charge in [0.15, 0.2) is 0 Å². The highest BCUT2D eigenvalue weighted by Crippen LogP contribution is 2.28. The highest BCUT2D eigenvalue weighted by Gasteiger charge is 2.12. The Hall–Kier alpha value is -3.84. The number of carbonyl (C=O) groups excluding carboxylic acids is 1. The summed E-state index contributed by atoms with van der Waals surface area (Å²) < 4.78 is 17.7. The molecule has 162 valence electrons. The van der Waals surface area contributed by atoms with Crippen molar-refractivity contribution in [3.05, 3.63) is 89.9 Å². The Morgan fingerprint density at radius 1 is 1.00 bits per heavy atom. The third-order valence-electron chi connectivity index (χ3n) is 4.57. The number of methoxy groups -OCH3 is 1. The number of benzene rings is 2. The van der Waals surface area contributed by atoms with Crippen LogP contribution in [0.15, 0.2) is 84.4 Å². The van der Waals surface area contributed by atoms with Crippen LogP contribution in [0.2, 0.25) is 0 Å². The lowest BCUT2D eigenvalue weighted by atomic mass is 10.2. The zero-order valence-corrected chi connectivity index (χ0v) is 18.3. The first-order valence-electron chi connectivity index (χ1n) is 10.0. The molecule has 32 heavy (non-hydrogen) atoms. The highest BCUT2D eigenvalue weighted by molar-refractivity contribution is 7.13. The molecule has 0 aliphatic carbocycles. The van der Waals surface area contributed by atoms with Crippen molar-refractivity contribution in [1.82, 2.24) is 9.78 Å². The van der Waals surface area contributed by atoms with Crippen molar-refractivity contribution < 1.29 is 19.0 Å². The summed E-state index contributed by atoms with van der Waals surface area (Å²) in [5, 5.41) is 6.72. The van der Waals surface area contributed by atoms with Gasteiger partial charge in [-0.2, -0.15) is 5.10 Å². The third-order valence-corrected chi connectivity index (χ3v) is 5.45. The highest BCUT2D eigenvalue weighted by atomic mass is 32.1. The lowest BCUT2D eigenvalue weighted by Crippen LogP contribution is -2.10. The average Bonchev–Trinajstić information content (AvgIpc) is 3.51. The minimum atomic E-state index is -0.437. The molecule has 0 aliphatic heterocycles. The Morgan fingerprint density at radius 2 is 1.78 bits per heavy atom. The van der Waals surface area contributed by atoms with Crippen LogP contribution in [0.1, 0.15) is 5.56 Å². The van der Waals surface area contributed by atoms with Crippen LogP contribution >= 0.6 is 11.3 Å². The molecule has 0 spiro atoms. The first kappa shape index (κ1) is 21.4. The Morgan fingerprint density at radius 3 is 2.50 bits per heavy atom. The zero-order valence-electron chi connectivity index (χ0n) is 17.5. The Bertz CT molecular complexity index is 1170. The van der Waals surface area contributed by atoms with E-state index in [-0.39, 0.29) is 13.2 Å². The van der Waals surface area contributed by atoms with Gasteiger partial charge >= 0.3 is 5.97 Å². The maximum atomic E-state index is 12.2. The SMILES string of the molecule is COc1ccc(OCCOC(=O)C=Cc2cn(-c3ccccc3)nc2-c2cccs2)cc1. The topological polar surface area (TPSA) is 62.6 Å². The average molecular weight is 447 g/mol. The van der Waals surface area contributed by atoms with Crippen LogP contribution in [0.4, 0.5) is 0 Å². The van der Waals surface area contributed by atoms with E-state index in [0.29, 0.717) is 5.75 Å². The van der Waals surface area contributed by atoms with Crippen molar-refractivity contribution in [2.24, 2.45) is 0 Å². The van der Waals surface area contributed by atoms with Gasteiger partial charge in [-0.3, -0.25) is 0 Å². The molecule has 0 amide bonds. The van der Waals surface area contributed by atoms with Gasteiger partial charge in [-0.15, -0.1) is 11.3 Å². The Labute approximate surface area is 190 Å². The monoisotopic (exact) mass is 446 g/mol. The number of hydrogen-bond donors (Lipinski definition) is 0. The second-order valence-electron chi connectivity index (χ2n) is 6.72. The van der Waals surface area contributed by atoms with E-state index < -0.39 is 5.97 Å². The molecule has 0 fully saturated rings. The quantitative estimate of drug-likeness (QED) is 0.200. The second kappa shape index (κ2) is 10.5. The van der Waals surface area contributed by atoms with Gasteiger partial charge in [0.2, 0.25) is 0 Å². The number of hydrogen-bond acceptors (Lipinski definition) is 6. The van der Waals surface area contributed by atoms with E-state index in [4.69, 9.17) is 19.3 Å². The van der Waals surface area contributed by atoms with Gasteiger partial charge in [0.1, 0.15) is 30.4 Å². The molecule has 4 aromatic rings. The van der Waals surface area contributed by atoms with Crippen LogP contribution in [0, 0.1) is 0 Å². The van der Waals surface area contributed by atoms with Crippen molar-refractivity contribution in [2.45, 2.75) is 0 Å². The molecular formula is C25H22N2O4S. The summed E-state index contributed by atoms with van der Waals surface area (Å²) in [6.45, 7) is 0.411. The lowest BCUT2D eigenvalue weighted by molar-refractivity contribution is -0.138. The molecule has 2 aromatic heterocycles. The summed E-state index contributed by atoms with van der Waals surface area (Å²) in [6, 6.07) is 21.1. The smallest absolute Gasteiger partial charge is 0.330 e. The van der Waals surface area contributed by atoms with Crippen LogP contribution in [0.3, 0.4) is 0 Å². The molecular weight excluding hydrogens is 424 g/mol. The van der Waals surface area contributed by atoms with E-state index in [1.165, 1.54) is 6.08 Å². The molecule has 4 rings (SSSR count). The predicted octanol–water partition coefficient (Wildman–Crippen LogP) is 5.24. The number of ether oxygens (including phenoxy) is 3. The van der Waals surface area contributed by atoms with Gasteiger partial charge in [-0.05, 0) is 53.9 Å². The van der Waals surface area contributed by atoms with Crippen molar-refractivity contribution >= 4 is 23.4 Å². The van der Waals surface area contributed by atoms with Crippen LogP contribution in [0.25, 0.3) is 22.3 Å². The molecule has 0 saturated carbocycles. The van der Waals surface area contributed by atoms with E-state index in [1.807, 2.05) is 70.9 Å². The largest absolute Gasteiger partial charge is 0.497 e. The number of nitrogens with zero attached hydrogens (tertiary/aromatic N) is 2. The zero-order chi connectivity index (χ0) is 22.2. The standard InChI is InChI=1S/C25H22N2O4S/c1-29-21-10-12-22(13-11-21)30-15-16-31-24(28)14-9-19-18-27(20-6-3-2-4-7-20)26-25(19)23-8-5-17-32-23/h2-14,17-18H,15-16H2,1H3. The maximum Gasteiger partial charge on any atom is 0.330 e. The van der Waals surface area contributed by atoms with E-state index in [9.17, 15) is 4.79 Å². The molecule has 6 nitrogen and oxygen atoms in total. The molecule has 7 heteroatoms. The molecule has 0 unspecified atom stereocenters. The van der Waals surface area contributed by atoms with E-state index in [2.05, 4.69) is 0 Å². The summed E-state index contributed by atoms with van der Waals surface area (Å²) in [7, 11) is 1.61. The van der Waals surface area contributed by atoms with Crippen molar-refractivity contribution in [1.29, 1.82) is 0 Å². The number of para-hydroxylation sites is 1. The van der Waals surface area contributed by atoms with Crippen LogP contribution in [0.5, 0.6) is 11.5 Å². The minimum Gasteiger partial charge on any atom is -0.497 e. The normalized spacial score (nSPS) is 10.9. The van der Waals surface area contributed by atoms with Gasteiger partial charge in [0.05, 0.1) is 17.7 Å². The van der Waals surface area contributed by atoms with E-state index >= 15 is 0 Å². The summed E-state index contributed by atoms with van der Waals surface area (Å²) in [6.07, 6.45) is 5.05. The van der Waals surface area contributed by atoms with Crippen LogP contribution in [-0.2, 0) is 9.53 Å². The van der Waals surface area contributed by atoms with Gasteiger partial charge in [0, 0.05) is 17.8 Å². The molecule has 0 aliphatic rings. The van der Waals surface area contributed by atoms with Crippen LogP contribution in [-0.4, -0.2) is 36.1 Å². The van der Waals surface area contributed by atoms with Gasteiger partial charge in [-0.25, -0.2) is 9.48 Å². The molecule has 0 bridgehead atoms. The fourth-order valence-corrected chi connectivity index (χ4v) is 3.74. The van der Waals surface area contributed by atoms with Crippen molar-refractivity contribution in [3.8, 4) is 27.8 Å². The number of carbonyl (C=O) groups is 1. The van der Waals surface area contributed by atoms with Crippen LogP contribution < -0.4 is 9.47 Å². The molecule has 2 heterocycles. The van der Waals surface area contributed by atoms with Gasteiger partial charge in [0.25, 0.3) is 0 Å². The minimum absolute atomic E-state index is 0.149. The molecule has 0 atom stereocenters. The Balaban J connectivity index is 1.37. The van der Waals surface area contributed by atoms with E-state index in [0.717, 1.165) is 27.6 Å². The first-order chi connectivity index (χ1) is 15.7. The number of esters is 1. The van der Waals surface area contributed by atoms with Gasteiger partial charge in [-0.1, -0.05) is 24.3 Å². The van der Waals surface area contributed by atoms with Crippen molar-refractivity contribution in [2.75, 3.05) is 20.3 Å². The summed E-state index contributed by atoms with van der Waals surface area (Å²) >= 11 is 1.60. The molecule has 0 radical (unpaired) electrons. The Kier molecular flexibility index (Phi) is 6.99. The summed E-state index contributed by atoms with van der Waals surface area (Å²) in [5.74, 6) is 1.01.